The van der Waals surface area contributed by atoms with Gasteiger partial charge in [0.05, 0.1) is 0 Å². The van der Waals surface area contributed by atoms with E-state index in [9.17, 15) is 13.2 Å². The normalized spacial score (nSPS) is 20.9. The van der Waals surface area contributed by atoms with Crippen LogP contribution in [0, 0.1) is 0 Å². The van der Waals surface area contributed by atoms with E-state index in [0.717, 1.165) is 0 Å². The van der Waals surface area contributed by atoms with Crippen molar-refractivity contribution in [1.29, 1.82) is 0 Å². The Morgan fingerprint density at radius 1 is 1.47 bits per heavy atom. The summed E-state index contributed by atoms with van der Waals surface area (Å²) in [4.78, 5) is 14.8. The first-order valence-corrected chi connectivity index (χ1v) is 6.75. The fourth-order valence-electron chi connectivity index (χ4n) is 1.63. The molecule has 0 aliphatic carbocycles. The Hall–Kier alpha value is -1.47. The van der Waals surface area contributed by atoms with E-state index in [1.165, 1.54) is 18.5 Å². The van der Waals surface area contributed by atoms with Gasteiger partial charge in [-0.1, -0.05) is 0 Å². The first-order valence-electron chi connectivity index (χ1n) is 5.27. The largest absolute Gasteiger partial charge is 0.355 e. The van der Waals surface area contributed by atoms with Crippen molar-refractivity contribution in [2.24, 2.45) is 0 Å². The van der Waals surface area contributed by atoms with Crippen LogP contribution in [-0.2, 0) is 14.8 Å². The van der Waals surface area contributed by atoms with Gasteiger partial charge in [0.25, 0.3) is 0 Å². The van der Waals surface area contributed by atoms with Crippen molar-refractivity contribution in [3.8, 4) is 0 Å². The Kier molecular flexibility index (Phi) is 3.39. The van der Waals surface area contributed by atoms with Crippen molar-refractivity contribution in [1.82, 2.24) is 15.0 Å². The van der Waals surface area contributed by atoms with Crippen molar-refractivity contribution < 1.29 is 13.2 Å². The molecule has 1 aromatic rings. The number of hydrogen-bond donors (Lipinski definition) is 2. The Labute approximate surface area is 99.5 Å². The van der Waals surface area contributed by atoms with Gasteiger partial charge in [-0.2, -0.15) is 0 Å². The molecule has 1 atom stereocenters. The highest BCUT2D eigenvalue weighted by Gasteiger charge is 2.23. The van der Waals surface area contributed by atoms with Gasteiger partial charge >= 0.3 is 0 Å². The van der Waals surface area contributed by atoms with Gasteiger partial charge in [0.2, 0.25) is 15.9 Å². The Morgan fingerprint density at radius 3 is 2.88 bits per heavy atom. The molecular weight excluding hydrogens is 242 g/mol. The predicted octanol–water partition coefficient (Wildman–Crippen LogP) is -0.361. The molecule has 1 amide bonds. The number of piperidine rings is 1. The van der Waals surface area contributed by atoms with Crippen LogP contribution < -0.4 is 10.0 Å². The zero-order chi connectivity index (χ0) is 12.3. The second-order valence-electron chi connectivity index (χ2n) is 3.85. The van der Waals surface area contributed by atoms with Crippen molar-refractivity contribution in [2.45, 2.75) is 23.8 Å². The van der Waals surface area contributed by atoms with E-state index in [2.05, 4.69) is 15.0 Å². The molecule has 1 fully saturated rings. The second kappa shape index (κ2) is 4.80. The summed E-state index contributed by atoms with van der Waals surface area (Å²) >= 11 is 0. The maximum Gasteiger partial charge on any atom is 0.242 e. The van der Waals surface area contributed by atoms with E-state index in [0.29, 0.717) is 19.4 Å². The fraction of sp³-hybridized carbons (Fsp3) is 0.400. The average molecular weight is 255 g/mol. The van der Waals surface area contributed by atoms with E-state index in [1.54, 1.807) is 6.07 Å². The minimum Gasteiger partial charge on any atom is -0.355 e. The molecule has 1 saturated heterocycles. The van der Waals surface area contributed by atoms with Gasteiger partial charge in [-0.3, -0.25) is 9.78 Å². The molecule has 6 nitrogen and oxygen atoms in total. The number of pyridine rings is 1. The monoisotopic (exact) mass is 255 g/mol. The van der Waals surface area contributed by atoms with E-state index in [1.807, 2.05) is 0 Å². The Morgan fingerprint density at radius 2 is 2.29 bits per heavy atom. The summed E-state index contributed by atoms with van der Waals surface area (Å²) in [6.45, 7) is 0.332. The van der Waals surface area contributed by atoms with Crippen LogP contribution in [0.3, 0.4) is 0 Å². The smallest absolute Gasteiger partial charge is 0.242 e. The summed E-state index contributed by atoms with van der Waals surface area (Å²) in [6, 6.07) is 2.80. The van der Waals surface area contributed by atoms with Gasteiger partial charge in [0.1, 0.15) is 4.90 Å². The summed E-state index contributed by atoms with van der Waals surface area (Å²) in [5, 5.41) is 2.62. The van der Waals surface area contributed by atoms with Gasteiger partial charge in [-0.15, -0.1) is 0 Å². The molecule has 0 bridgehead atoms. The molecule has 1 unspecified atom stereocenters. The number of nitrogens with one attached hydrogen (secondary N) is 2. The quantitative estimate of drug-likeness (QED) is 0.772. The third-order valence-corrected chi connectivity index (χ3v) is 4.04. The number of carbonyl (C=O) groups excluding carboxylic acids is 1. The highest BCUT2D eigenvalue weighted by Crippen LogP contribution is 2.10. The minimum atomic E-state index is -3.54. The molecule has 1 aliphatic rings. The van der Waals surface area contributed by atoms with Gasteiger partial charge in [0, 0.05) is 31.4 Å². The zero-order valence-corrected chi connectivity index (χ0v) is 9.90. The highest BCUT2D eigenvalue weighted by molar-refractivity contribution is 7.89. The summed E-state index contributed by atoms with van der Waals surface area (Å²) < 4.78 is 26.4. The van der Waals surface area contributed by atoms with Crippen LogP contribution in [0.2, 0.25) is 0 Å². The highest BCUT2D eigenvalue weighted by atomic mass is 32.2. The van der Waals surface area contributed by atoms with Gasteiger partial charge in [-0.25, -0.2) is 13.1 Å². The molecule has 2 rings (SSSR count). The lowest BCUT2D eigenvalue weighted by Crippen LogP contribution is -2.47. The summed E-state index contributed by atoms with van der Waals surface area (Å²) in [5.41, 5.74) is 0. The molecule has 2 heterocycles. The standard InChI is InChI=1S/C10H13N3O3S/c14-10-4-3-8(6-12-10)13-17(15,16)9-2-1-5-11-7-9/h1-2,5,7-8,13H,3-4,6H2,(H,12,14). The fourth-order valence-corrected chi connectivity index (χ4v) is 2.86. The maximum atomic E-state index is 11.9. The van der Waals surface area contributed by atoms with Gasteiger partial charge in [0.15, 0.2) is 0 Å². The first-order chi connectivity index (χ1) is 8.08. The molecule has 0 spiro atoms. The number of sulfonamides is 1. The average Bonchev–Trinajstić information content (AvgIpc) is 2.33. The van der Waals surface area contributed by atoms with Crippen LogP contribution in [0.5, 0.6) is 0 Å². The number of amides is 1. The topological polar surface area (TPSA) is 88.2 Å². The van der Waals surface area contributed by atoms with Crippen LogP contribution >= 0.6 is 0 Å². The molecule has 0 saturated carbocycles. The van der Waals surface area contributed by atoms with Crippen LogP contribution in [0.1, 0.15) is 12.8 Å². The molecule has 2 N–H and O–H groups in total. The molecule has 92 valence electrons. The van der Waals surface area contributed by atoms with E-state index < -0.39 is 10.0 Å². The van der Waals surface area contributed by atoms with Crippen molar-refractivity contribution in [3.05, 3.63) is 24.5 Å². The second-order valence-corrected chi connectivity index (χ2v) is 5.56. The molecule has 0 radical (unpaired) electrons. The zero-order valence-electron chi connectivity index (χ0n) is 9.09. The summed E-state index contributed by atoms with van der Waals surface area (Å²) in [5.74, 6) is -0.0400. The van der Waals surface area contributed by atoms with Crippen molar-refractivity contribution in [3.63, 3.8) is 0 Å². The van der Waals surface area contributed by atoms with Crippen LogP contribution in [0.15, 0.2) is 29.4 Å². The molecular formula is C10H13N3O3S. The first kappa shape index (κ1) is 12.0. The molecule has 1 aromatic heterocycles. The number of rotatable bonds is 3. The SMILES string of the molecule is O=C1CCC(NS(=O)(=O)c2cccnc2)CN1. The molecule has 0 aromatic carbocycles. The number of hydrogen-bond acceptors (Lipinski definition) is 4. The van der Waals surface area contributed by atoms with Crippen LogP contribution in [0.4, 0.5) is 0 Å². The van der Waals surface area contributed by atoms with Crippen LogP contribution in [0.25, 0.3) is 0 Å². The molecule has 17 heavy (non-hydrogen) atoms. The lowest BCUT2D eigenvalue weighted by atomic mass is 10.1. The lowest BCUT2D eigenvalue weighted by Gasteiger charge is -2.23. The lowest BCUT2D eigenvalue weighted by molar-refractivity contribution is -0.122. The van der Waals surface area contributed by atoms with E-state index >= 15 is 0 Å². The van der Waals surface area contributed by atoms with Gasteiger partial charge < -0.3 is 5.32 Å². The van der Waals surface area contributed by atoms with Gasteiger partial charge in [-0.05, 0) is 18.6 Å². The van der Waals surface area contributed by atoms with Crippen molar-refractivity contribution >= 4 is 15.9 Å². The van der Waals surface area contributed by atoms with E-state index in [-0.39, 0.29) is 16.8 Å². The Balaban J connectivity index is 2.06. The Bertz CT molecular complexity index is 491. The van der Waals surface area contributed by atoms with E-state index in [4.69, 9.17) is 0 Å². The number of carbonyl (C=O) groups is 1. The van der Waals surface area contributed by atoms with Crippen molar-refractivity contribution in [2.75, 3.05) is 6.54 Å². The molecule has 1 aliphatic heterocycles. The number of nitrogens with zero attached hydrogens (tertiary/aromatic N) is 1. The predicted molar refractivity (Wildman–Crippen MR) is 60.6 cm³/mol. The molecule has 7 heteroatoms. The summed E-state index contributed by atoms with van der Waals surface area (Å²) in [7, 11) is -3.54. The third kappa shape index (κ3) is 3.01. The van der Waals surface area contributed by atoms with Crippen LogP contribution in [-0.4, -0.2) is 31.9 Å². The third-order valence-electron chi connectivity index (χ3n) is 2.53. The minimum absolute atomic E-state index is 0.0400. The summed E-state index contributed by atoms with van der Waals surface area (Å²) in [6.07, 6.45) is 3.68. The maximum absolute atomic E-state index is 11.9. The number of aromatic nitrogens is 1.